The lowest BCUT2D eigenvalue weighted by atomic mass is 10.2. The van der Waals surface area contributed by atoms with Crippen LogP contribution in [0.1, 0.15) is 30.3 Å². The van der Waals surface area contributed by atoms with Gasteiger partial charge in [-0.3, -0.25) is 4.79 Å². The smallest absolute Gasteiger partial charge is 0.267 e. The summed E-state index contributed by atoms with van der Waals surface area (Å²) in [6, 6.07) is 3.07. The standard InChI is InChI=1S/C12H18F2N2O2/c1-9(17)4-2-6-15-12(18)10-5-3-7-16(10)8-11(13)14/h3,5,7,9,11,17H,2,4,6,8H2,1H3,(H,15,18). The van der Waals surface area contributed by atoms with Crippen LogP contribution in [0.15, 0.2) is 18.3 Å². The van der Waals surface area contributed by atoms with Crippen molar-refractivity contribution in [3.63, 3.8) is 0 Å². The fourth-order valence-electron chi connectivity index (χ4n) is 1.62. The Morgan fingerprint density at radius 1 is 1.56 bits per heavy atom. The molecule has 1 amide bonds. The Labute approximate surface area is 105 Å². The predicted octanol–water partition coefficient (Wildman–Crippen LogP) is 1.64. The molecule has 1 aromatic rings. The van der Waals surface area contributed by atoms with E-state index in [9.17, 15) is 13.6 Å². The molecule has 1 atom stereocenters. The zero-order valence-corrected chi connectivity index (χ0v) is 10.3. The van der Waals surface area contributed by atoms with Crippen molar-refractivity contribution in [2.75, 3.05) is 6.54 Å². The third-order valence-electron chi connectivity index (χ3n) is 2.48. The molecular weight excluding hydrogens is 242 g/mol. The van der Waals surface area contributed by atoms with Gasteiger partial charge in [-0.05, 0) is 31.9 Å². The molecule has 0 saturated heterocycles. The number of carbonyl (C=O) groups is 1. The van der Waals surface area contributed by atoms with Gasteiger partial charge >= 0.3 is 0 Å². The molecule has 0 saturated carbocycles. The van der Waals surface area contributed by atoms with Crippen LogP contribution < -0.4 is 5.32 Å². The van der Waals surface area contributed by atoms with Crippen LogP contribution in [0, 0.1) is 0 Å². The molecule has 2 N–H and O–H groups in total. The Bertz CT molecular complexity index is 378. The molecule has 1 aromatic heterocycles. The summed E-state index contributed by atoms with van der Waals surface area (Å²) in [6.45, 7) is 1.61. The summed E-state index contributed by atoms with van der Waals surface area (Å²) in [7, 11) is 0. The van der Waals surface area contributed by atoms with E-state index in [4.69, 9.17) is 5.11 Å². The summed E-state index contributed by atoms with van der Waals surface area (Å²) in [4.78, 5) is 11.7. The van der Waals surface area contributed by atoms with Crippen molar-refractivity contribution in [3.05, 3.63) is 24.0 Å². The van der Waals surface area contributed by atoms with Crippen molar-refractivity contribution >= 4 is 5.91 Å². The molecule has 0 fully saturated rings. The summed E-state index contributed by atoms with van der Waals surface area (Å²) in [5, 5.41) is 11.7. The lowest BCUT2D eigenvalue weighted by Gasteiger charge is -2.09. The Balaban J connectivity index is 2.44. The molecule has 0 bridgehead atoms. The van der Waals surface area contributed by atoms with E-state index in [1.54, 1.807) is 13.0 Å². The number of aliphatic hydroxyl groups excluding tert-OH is 1. The van der Waals surface area contributed by atoms with Crippen LogP contribution in [-0.2, 0) is 6.54 Å². The van der Waals surface area contributed by atoms with Crippen molar-refractivity contribution < 1.29 is 18.7 Å². The topological polar surface area (TPSA) is 54.3 Å². The average Bonchev–Trinajstić information content (AvgIpc) is 2.71. The van der Waals surface area contributed by atoms with Crippen molar-refractivity contribution in [2.24, 2.45) is 0 Å². The second-order valence-corrected chi connectivity index (χ2v) is 4.18. The van der Waals surface area contributed by atoms with Gasteiger partial charge in [-0.1, -0.05) is 0 Å². The first-order valence-electron chi connectivity index (χ1n) is 5.90. The van der Waals surface area contributed by atoms with E-state index in [-0.39, 0.29) is 11.6 Å². The van der Waals surface area contributed by atoms with Crippen LogP contribution in [-0.4, -0.2) is 34.7 Å². The molecule has 1 rings (SSSR count). The quantitative estimate of drug-likeness (QED) is 0.732. The zero-order chi connectivity index (χ0) is 13.5. The summed E-state index contributed by atoms with van der Waals surface area (Å²) < 4.78 is 25.7. The predicted molar refractivity (Wildman–Crippen MR) is 63.7 cm³/mol. The van der Waals surface area contributed by atoms with E-state index in [1.807, 2.05) is 0 Å². The van der Waals surface area contributed by atoms with Gasteiger partial charge in [-0.15, -0.1) is 0 Å². The van der Waals surface area contributed by atoms with E-state index in [0.717, 1.165) is 0 Å². The number of carbonyl (C=O) groups excluding carboxylic acids is 1. The van der Waals surface area contributed by atoms with E-state index in [0.29, 0.717) is 19.4 Å². The van der Waals surface area contributed by atoms with Crippen LogP contribution >= 0.6 is 0 Å². The monoisotopic (exact) mass is 260 g/mol. The van der Waals surface area contributed by atoms with E-state index >= 15 is 0 Å². The number of aromatic nitrogens is 1. The Morgan fingerprint density at radius 2 is 2.28 bits per heavy atom. The number of nitrogens with zero attached hydrogens (tertiary/aromatic N) is 1. The molecule has 18 heavy (non-hydrogen) atoms. The number of nitrogens with one attached hydrogen (secondary N) is 1. The first kappa shape index (κ1) is 14.6. The van der Waals surface area contributed by atoms with Gasteiger partial charge in [-0.25, -0.2) is 8.78 Å². The second-order valence-electron chi connectivity index (χ2n) is 4.18. The highest BCUT2D eigenvalue weighted by molar-refractivity contribution is 5.92. The van der Waals surface area contributed by atoms with Crippen LogP contribution in [0.2, 0.25) is 0 Å². The number of amides is 1. The zero-order valence-electron chi connectivity index (χ0n) is 10.3. The van der Waals surface area contributed by atoms with Gasteiger partial charge < -0.3 is 15.0 Å². The number of rotatable bonds is 7. The van der Waals surface area contributed by atoms with E-state index < -0.39 is 19.1 Å². The van der Waals surface area contributed by atoms with Crippen LogP contribution in [0.3, 0.4) is 0 Å². The Hall–Kier alpha value is -1.43. The molecule has 0 aromatic carbocycles. The lowest BCUT2D eigenvalue weighted by molar-refractivity contribution is 0.0927. The van der Waals surface area contributed by atoms with Crippen molar-refractivity contribution in [1.29, 1.82) is 0 Å². The first-order valence-corrected chi connectivity index (χ1v) is 5.90. The number of alkyl halides is 2. The largest absolute Gasteiger partial charge is 0.393 e. The number of aliphatic hydroxyl groups is 1. The number of hydrogen-bond donors (Lipinski definition) is 2. The van der Waals surface area contributed by atoms with Gasteiger partial charge in [0.15, 0.2) is 0 Å². The maximum Gasteiger partial charge on any atom is 0.267 e. The van der Waals surface area contributed by atoms with Gasteiger partial charge in [0.25, 0.3) is 12.3 Å². The molecular formula is C12H18F2N2O2. The molecule has 102 valence electrons. The fourth-order valence-corrected chi connectivity index (χ4v) is 1.62. The van der Waals surface area contributed by atoms with E-state index in [1.165, 1.54) is 16.8 Å². The molecule has 0 aliphatic heterocycles. The van der Waals surface area contributed by atoms with Crippen molar-refractivity contribution in [3.8, 4) is 0 Å². The summed E-state index contributed by atoms with van der Waals surface area (Å²) in [5.41, 5.74) is 0.229. The third kappa shape index (κ3) is 4.83. The highest BCUT2D eigenvalue weighted by Crippen LogP contribution is 2.06. The normalized spacial score (nSPS) is 12.7. The van der Waals surface area contributed by atoms with Gasteiger partial charge in [0.05, 0.1) is 12.6 Å². The minimum absolute atomic E-state index is 0.229. The molecule has 4 nitrogen and oxygen atoms in total. The SMILES string of the molecule is CC(O)CCCNC(=O)c1cccn1CC(F)F. The van der Waals surface area contributed by atoms with Crippen LogP contribution in [0.25, 0.3) is 0 Å². The maximum atomic E-state index is 12.3. The molecule has 0 spiro atoms. The molecule has 0 aliphatic carbocycles. The van der Waals surface area contributed by atoms with Crippen molar-refractivity contribution in [1.82, 2.24) is 9.88 Å². The minimum atomic E-state index is -2.49. The summed E-state index contributed by atoms with van der Waals surface area (Å²) in [5.74, 6) is -0.369. The number of hydrogen-bond acceptors (Lipinski definition) is 2. The molecule has 1 heterocycles. The molecule has 0 radical (unpaired) electrons. The van der Waals surface area contributed by atoms with Crippen LogP contribution in [0.5, 0.6) is 0 Å². The highest BCUT2D eigenvalue weighted by atomic mass is 19.3. The first-order chi connectivity index (χ1) is 8.50. The average molecular weight is 260 g/mol. The van der Waals surface area contributed by atoms with Gasteiger partial charge in [-0.2, -0.15) is 0 Å². The lowest BCUT2D eigenvalue weighted by Crippen LogP contribution is -2.27. The maximum absolute atomic E-state index is 12.3. The molecule has 1 unspecified atom stereocenters. The van der Waals surface area contributed by atoms with Gasteiger partial charge in [0.2, 0.25) is 0 Å². The molecule has 6 heteroatoms. The van der Waals surface area contributed by atoms with Gasteiger partial charge in [0, 0.05) is 12.7 Å². The molecule has 0 aliphatic rings. The van der Waals surface area contributed by atoms with Crippen molar-refractivity contribution in [2.45, 2.75) is 38.8 Å². The Morgan fingerprint density at radius 3 is 2.89 bits per heavy atom. The third-order valence-corrected chi connectivity index (χ3v) is 2.48. The van der Waals surface area contributed by atoms with E-state index in [2.05, 4.69) is 5.32 Å². The minimum Gasteiger partial charge on any atom is -0.393 e. The fraction of sp³-hybridized carbons (Fsp3) is 0.583. The van der Waals surface area contributed by atoms with Crippen LogP contribution in [0.4, 0.5) is 8.78 Å². The summed E-state index contributed by atoms with van der Waals surface area (Å²) in [6.07, 6.45) is -0.183. The highest BCUT2D eigenvalue weighted by Gasteiger charge is 2.13. The summed E-state index contributed by atoms with van der Waals surface area (Å²) >= 11 is 0. The van der Waals surface area contributed by atoms with Gasteiger partial charge in [0.1, 0.15) is 5.69 Å². The number of halogens is 2. The Kier molecular flexibility index (Phi) is 5.77. The second kappa shape index (κ2) is 7.10.